The van der Waals surface area contributed by atoms with Gasteiger partial charge in [-0.2, -0.15) is 0 Å². The lowest BCUT2D eigenvalue weighted by molar-refractivity contribution is 0.139. The third-order valence-corrected chi connectivity index (χ3v) is 3.94. The molecule has 112 valence electrons. The molecule has 0 aliphatic carbocycles. The standard InChI is InChI=1S/C15H26N4O/c1-4-13-14(16-5-2)17-11-18-15(13)19-8-6-12(7-9-19)10-20-3/h11-12H,4-10H2,1-3H3,(H,16,17,18). The molecule has 1 N–H and O–H groups in total. The molecule has 0 bridgehead atoms. The van der Waals surface area contributed by atoms with Crippen LogP contribution < -0.4 is 10.2 Å². The Morgan fingerprint density at radius 1 is 1.30 bits per heavy atom. The maximum absolute atomic E-state index is 5.26. The molecule has 5 heteroatoms. The highest BCUT2D eigenvalue weighted by atomic mass is 16.5. The first-order chi connectivity index (χ1) is 9.80. The van der Waals surface area contributed by atoms with Gasteiger partial charge in [-0.3, -0.25) is 0 Å². The van der Waals surface area contributed by atoms with E-state index in [4.69, 9.17) is 4.74 Å². The maximum atomic E-state index is 5.26. The van der Waals surface area contributed by atoms with Crippen molar-refractivity contribution in [3.63, 3.8) is 0 Å². The van der Waals surface area contributed by atoms with Crippen molar-refractivity contribution >= 4 is 11.6 Å². The van der Waals surface area contributed by atoms with E-state index in [1.807, 2.05) is 0 Å². The van der Waals surface area contributed by atoms with Crippen molar-refractivity contribution in [1.82, 2.24) is 9.97 Å². The fourth-order valence-corrected chi connectivity index (χ4v) is 2.87. The number of nitrogens with zero attached hydrogens (tertiary/aromatic N) is 3. The van der Waals surface area contributed by atoms with Gasteiger partial charge in [-0.05, 0) is 32.1 Å². The number of ether oxygens (including phenoxy) is 1. The molecular weight excluding hydrogens is 252 g/mol. The Morgan fingerprint density at radius 3 is 2.65 bits per heavy atom. The van der Waals surface area contributed by atoms with Gasteiger partial charge in [-0.15, -0.1) is 0 Å². The van der Waals surface area contributed by atoms with Crippen LogP contribution >= 0.6 is 0 Å². The lowest BCUT2D eigenvalue weighted by atomic mass is 9.97. The summed E-state index contributed by atoms with van der Waals surface area (Å²) in [6.45, 7) is 8.14. The molecule has 0 unspecified atom stereocenters. The van der Waals surface area contributed by atoms with Gasteiger partial charge in [0.1, 0.15) is 18.0 Å². The van der Waals surface area contributed by atoms with Gasteiger partial charge in [0, 0.05) is 38.9 Å². The summed E-state index contributed by atoms with van der Waals surface area (Å²) in [6.07, 6.45) is 4.99. The van der Waals surface area contributed by atoms with Crippen LogP contribution in [0.25, 0.3) is 0 Å². The molecule has 1 aliphatic heterocycles. The van der Waals surface area contributed by atoms with Crippen LogP contribution in [0.3, 0.4) is 0 Å². The smallest absolute Gasteiger partial charge is 0.137 e. The Morgan fingerprint density at radius 2 is 2.05 bits per heavy atom. The Kier molecular flexibility index (Phi) is 5.59. The number of hydrogen-bond acceptors (Lipinski definition) is 5. The van der Waals surface area contributed by atoms with Crippen molar-refractivity contribution in [3.05, 3.63) is 11.9 Å². The van der Waals surface area contributed by atoms with Gasteiger partial charge in [0.2, 0.25) is 0 Å². The van der Waals surface area contributed by atoms with E-state index in [1.165, 1.54) is 18.4 Å². The summed E-state index contributed by atoms with van der Waals surface area (Å²) in [5.74, 6) is 2.78. The zero-order chi connectivity index (χ0) is 14.4. The zero-order valence-electron chi connectivity index (χ0n) is 12.9. The topological polar surface area (TPSA) is 50.3 Å². The molecule has 0 amide bonds. The van der Waals surface area contributed by atoms with E-state index in [9.17, 15) is 0 Å². The highest BCUT2D eigenvalue weighted by molar-refractivity contribution is 5.58. The van der Waals surface area contributed by atoms with E-state index in [2.05, 4.69) is 34.0 Å². The summed E-state index contributed by atoms with van der Waals surface area (Å²) in [5.41, 5.74) is 1.24. The molecule has 1 aromatic rings. The molecule has 1 fully saturated rings. The molecule has 5 nitrogen and oxygen atoms in total. The van der Waals surface area contributed by atoms with Crippen molar-refractivity contribution < 1.29 is 4.74 Å². The Bertz CT molecular complexity index is 416. The molecule has 1 saturated heterocycles. The van der Waals surface area contributed by atoms with Crippen molar-refractivity contribution in [1.29, 1.82) is 0 Å². The minimum absolute atomic E-state index is 0.691. The minimum Gasteiger partial charge on any atom is -0.384 e. The van der Waals surface area contributed by atoms with Crippen LogP contribution in [0.4, 0.5) is 11.6 Å². The van der Waals surface area contributed by atoms with Gasteiger partial charge < -0.3 is 15.0 Å². The van der Waals surface area contributed by atoms with Crippen LogP contribution in [0.1, 0.15) is 32.3 Å². The Labute approximate surface area is 121 Å². The first kappa shape index (κ1) is 15.0. The second-order valence-electron chi connectivity index (χ2n) is 5.29. The predicted octanol–water partition coefficient (Wildman–Crippen LogP) is 2.33. The highest BCUT2D eigenvalue weighted by Crippen LogP contribution is 2.28. The largest absolute Gasteiger partial charge is 0.384 e. The molecule has 20 heavy (non-hydrogen) atoms. The van der Waals surface area contributed by atoms with Crippen molar-refractivity contribution in [2.24, 2.45) is 5.92 Å². The van der Waals surface area contributed by atoms with Crippen molar-refractivity contribution in [3.8, 4) is 0 Å². The van der Waals surface area contributed by atoms with Gasteiger partial charge >= 0.3 is 0 Å². The first-order valence-electron chi connectivity index (χ1n) is 7.61. The average molecular weight is 278 g/mol. The normalized spacial score (nSPS) is 16.4. The van der Waals surface area contributed by atoms with Crippen LogP contribution in [-0.2, 0) is 11.2 Å². The third-order valence-electron chi connectivity index (χ3n) is 3.94. The van der Waals surface area contributed by atoms with Crippen LogP contribution in [0.2, 0.25) is 0 Å². The summed E-state index contributed by atoms with van der Waals surface area (Å²) in [6, 6.07) is 0. The van der Waals surface area contributed by atoms with Gasteiger partial charge in [-0.1, -0.05) is 6.92 Å². The summed E-state index contributed by atoms with van der Waals surface area (Å²) >= 11 is 0. The molecule has 2 rings (SSSR count). The quantitative estimate of drug-likeness (QED) is 0.865. The van der Waals surface area contributed by atoms with Crippen LogP contribution in [0, 0.1) is 5.92 Å². The van der Waals surface area contributed by atoms with Crippen LogP contribution in [0.5, 0.6) is 0 Å². The molecule has 0 saturated carbocycles. The average Bonchev–Trinajstić information content (AvgIpc) is 2.48. The van der Waals surface area contributed by atoms with Gasteiger partial charge in [0.25, 0.3) is 0 Å². The summed E-state index contributed by atoms with van der Waals surface area (Å²) in [7, 11) is 1.79. The second kappa shape index (κ2) is 7.43. The Balaban J connectivity index is 2.11. The van der Waals surface area contributed by atoms with Crippen molar-refractivity contribution in [2.75, 3.05) is 43.6 Å². The van der Waals surface area contributed by atoms with Gasteiger partial charge in [-0.25, -0.2) is 9.97 Å². The number of methoxy groups -OCH3 is 1. The van der Waals surface area contributed by atoms with Crippen molar-refractivity contribution in [2.45, 2.75) is 33.1 Å². The summed E-state index contributed by atoms with van der Waals surface area (Å²) in [5, 5.41) is 3.34. The fourth-order valence-electron chi connectivity index (χ4n) is 2.87. The van der Waals surface area contributed by atoms with E-state index in [0.717, 1.165) is 44.3 Å². The second-order valence-corrected chi connectivity index (χ2v) is 5.29. The van der Waals surface area contributed by atoms with E-state index in [0.29, 0.717) is 5.92 Å². The maximum Gasteiger partial charge on any atom is 0.137 e. The molecule has 0 aromatic carbocycles. The minimum atomic E-state index is 0.691. The SMILES string of the molecule is CCNc1ncnc(N2CCC(COC)CC2)c1CC. The molecule has 1 aromatic heterocycles. The lowest BCUT2D eigenvalue weighted by Crippen LogP contribution is -2.36. The number of nitrogens with one attached hydrogen (secondary N) is 1. The number of aromatic nitrogens is 2. The van der Waals surface area contributed by atoms with E-state index < -0.39 is 0 Å². The first-order valence-corrected chi connectivity index (χ1v) is 7.61. The molecule has 0 radical (unpaired) electrons. The van der Waals surface area contributed by atoms with Crippen LogP contribution in [0.15, 0.2) is 6.33 Å². The highest BCUT2D eigenvalue weighted by Gasteiger charge is 2.22. The third kappa shape index (κ3) is 3.39. The Hall–Kier alpha value is -1.36. The zero-order valence-corrected chi connectivity index (χ0v) is 12.9. The van der Waals surface area contributed by atoms with E-state index in [-0.39, 0.29) is 0 Å². The molecular formula is C15H26N4O. The lowest BCUT2D eigenvalue weighted by Gasteiger charge is -2.33. The number of piperidine rings is 1. The molecule has 0 atom stereocenters. The van der Waals surface area contributed by atoms with Gasteiger partial charge in [0.15, 0.2) is 0 Å². The molecule has 1 aliphatic rings. The summed E-state index contributed by atoms with van der Waals surface area (Å²) < 4.78 is 5.26. The number of rotatable bonds is 6. The predicted molar refractivity (Wildman–Crippen MR) is 82.4 cm³/mol. The van der Waals surface area contributed by atoms with E-state index >= 15 is 0 Å². The van der Waals surface area contributed by atoms with Gasteiger partial charge in [0.05, 0.1) is 0 Å². The molecule has 2 heterocycles. The number of anilines is 2. The summed E-state index contributed by atoms with van der Waals surface area (Å²) in [4.78, 5) is 11.3. The molecule has 0 spiro atoms. The fraction of sp³-hybridized carbons (Fsp3) is 0.733. The monoisotopic (exact) mass is 278 g/mol. The number of hydrogen-bond donors (Lipinski definition) is 1. The van der Waals surface area contributed by atoms with E-state index in [1.54, 1.807) is 13.4 Å². The van der Waals surface area contributed by atoms with Crippen LogP contribution in [-0.4, -0.2) is 43.3 Å².